The van der Waals surface area contributed by atoms with Gasteiger partial charge in [-0.05, 0) is 42.1 Å². The molecule has 6 nitrogen and oxygen atoms in total. The van der Waals surface area contributed by atoms with Crippen molar-refractivity contribution in [3.63, 3.8) is 0 Å². The highest BCUT2D eigenvalue weighted by molar-refractivity contribution is 7.09. The van der Waals surface area contributed by atoms with Crippen LogP contribution in [-0.2, 0) is 11.3 Å². The standard InChI is InChI=1S/C19H22N2O4S/c22-16-10-21(11-19(23)20-9-14-2-1-7-26-14)6-5-15(16)13-3-4-17-18(8-13)25-12-24-17/h1-4,7-8,15-16,22H,5-6,9-12H2,(H,20,23). The van der Waals surface area contributed by atoms with Crippen molar-refractivity contribution in [1.82, 2.24) is 10.2 Å². The molecule has 0 radical (unpaired) electrons. The SMILES string of the molecule is O=C(CN1CCC(c2ccc3c(c2)OCO3)C(O)C1)NCc1cccs1. The minimum absolute atomic E-state index is 0.00729. The Morgan fingerprint density at radius 2 is 2.19 bits per heavy atom. The number of carbonyl (C=O) groups excluding carboxylic acids is 1. The molecule has 7 heteroatoms. The Morgan fingerprint density at radius 3 is 3.00 bits per heavy atom. The third kappa shape index (κ3) is 3.85. The van der Waals surface area contributed by atoms with Crippen LogP contribution in [0, 0.1) is 0 Å². The van der Waals surface area contributed by atoms with Crippen molar-refractivity contribution in [3.8, 4) is 11.5 Å². The fourth-order valence-corrected chi connectivity index (χ4v) is 4.18. The summed E-state index contributed by atoms with van der Waals surface area (Å²) in [4.78, 5) is 15.3. The number of likely N-dealkylation sites (tertiary alicyclic amines) is 1. The fourth-order valence-electron chi connectivity index (χ4n) is 3.53. The van der Waals surface area contributed by atoms with Crippen molar-refractivity contribution < 1.29 is 19.4 Å². The van der Waals surface area contributed by atoms with Crippen LogP contribution < -0.4 is 14.8 Å². The maximum absolute atomic E-state index is 12.1. The third-order valence-corrected chi connectivity index (χ3v) is 5.77. The van der Waals surface area contributed by atoms with Crippen molar-refractivity contribution >= 4 is 17.2 Å². The molecular weight excluding hydrogens is 352 g/mol. The highest BCUT2D eigenvalue weighted by Crippen LogP contribution is 2.37. The Hall–Kier alpha value is -2.09. The number of nitrogens with one attached hydrogen (secondary N) is 1. The van der Waals surface area contributed by atoms with Gasteiger partial charge in [0.15, 0.2) is 11.5 Å². The second kappa shape index (κ2) is 7.65. The van der Waals surface area contributed by atoms with E-state index in [1.54, 1.807) is 11.3 Å². The summed E-state index contributed by atoms with van der Waals surface area (Å²) in [7, 11) is 0. The molecule has 0 bridgehead atoms. The topological polar surface area (TPSA) is 71.0 Å². The predicted octanol–water partition coefficient (Wildman–Crippen LogP) is 1.94. The van der Waals surface area contributed by atoms with Gasteiger partial charge in [-0.3, -0.25) is 9.69 Å². The molecule has 3 heterocycles. The summed E-state index contributed by atoms with van der Waals surface area (Å²) < 4.78 is 10.8. The first kappa shape index (κ1) is 17.3. The Bertz CT molecular complexity index is 765. The Morgan fingerprint density at radius 1 is 1.31 bits per heavy atom. The predicted molar refractivity (Wildman–Crippen MR) is 98.5 cm³/mol. The summed E-state index contributed by atoms with van der Waals surface area (Å²) in [6.45, 7) is 2.40. The molecule has 2 N–H and O–H groups in total. The number of piperidine rings is 1. The van der Waals surface area contributed by atoms with Gasteiger partial charge in [-0.1, -0.05) is 12.1 Å². The number of aliphatic hydroxyl groups excluding tert-OH is 1. The van der Waals surface area contributed by atoms with E-state index in [9.17, 15) is 9.90 Å². The van der Waals surface area contributed by atoms with E-state index in [2.05, 4.69) is 5.32 Å². The van der Waals surface area contributed by atoms with Gasteiger partial charge in [0.05, 0.1) is 19.2 Å². The van der Waals surface area contributed by atoms with E-state index >= 15 is 0 Å². The smallest absolute Gasteiger partial charge is 0.234 e. The van der Waals surface area contributed by atoms with Crippen LogP contribution in [0.2, 0.25) is 0 Å². The number of ether oxygens (including phenoxy) is 2. The molecule has 2 aliphatic heterocycles. The maximum atomic E-state index is 12.1. The molecule has 2 unspecified atom stereocenters. The largest absolute Gasteiger partial charge is 0.454 e. The number of rotatable bonds is 5. The first-order chi connectivity index (χ1) is 12.7. The summed E-state index contributed by atoms with van der Waals surface area (Å²) in [5.41, 5.74) is 1.06. The lowest BCUT2D eigenvalue weighted by molar-refractivity contribution is -0.123. The fraction of sp³-hybridized carbons (Fsp3) is 0.421. The van der Waals surface area contributed by atoms with E-state index in [1.807, 2.05) is 40.6 Å². The number of aliphatic hydroxyl groups is 1. The molecule has 0 saturated carbocycles. The molecule has 1 saturated heterocycles. The third-order valence-electron chi connectivity index (χ3n) is 4.90. The maximum Gasteiger partial charge on any atom is 0.234 e. The number of β-amino-alcohol motifs (C(OH)–C–C–N with tert-alkyl or cyclic N) is 1. The number of nitrogens with zero attached hydrogens (tertiary/aromatic N) is 1. The van der Waals surface area contributed by atoms with E-state index in [0.29, 0.717) is 19.6 Å². The second-order valence-electron chi connectivity index (χ2n) is 6.67. The summed E-state index contributed by atoms with van der Waals surface area (Å²) in [6, 6.07) is 9.83. The van der Waals surface area contributed by atoms with Gasteiger partial charge in [0, 0.05) is 17.3 Å². The molecule has 1 aromatic carbocycles. The van der Waals surface area contributed by atoms with Crippen LogP contribution in [0.5, 0.6) is 11.5 Å². The quantitative estimate of drug-likeness (QED) is 0.837. The average Bonchev–Trinajstić information content (AvgIpc) is 3.31. The van der Waals surface area contributed by atoms with Crippen LogP contribution in [0.3, 0.4) is 0 Å². The monoisotopic (exact) mass is 374 g/mol. The van der Waals surface area contributed by atoms with E-state index in [1.165, 1.54) is 0 Å². The zero-order valence-corrected chi connectivity index (χ0v) is 15.2. The van der Waals surface area contributed by atoms with Crippen molar-refractivity contribution in [2.24, 2.45) is 0 Å². The van der Waals surface area contributed by atoms with E-state index < -0.39 is 6.10 Å². The van der Waals surface area contributed by atoms with Gasteiger partial charge in [0.25, 0.3) is 0 Å². The van der Waals surface area contributed by atoms with Crippen LogP contribution in [0.15, 0.2) is 35.7 Å². The number of fused-ring (bicyclic) bond motifs is 1. The van der Waals surface area contributed by atoms with Crippen LogP contribution in [-0.4, -0.2) is 48.4 Å². The highest BCUT2D eigenvalue weighted by Gasteiger charge is 2.30. The molecule has 1 fully saturated rings. The normalized spacial score (nSPS) is 22.3. The zero-order chi connectivity index (χ0) is 17.9. The average molecular weight is 374 g/mol. The molecule has 1 aromatic heterocycles. The van der Waals surface area contributed by atoms with Gasteiger partial charge < -0.3 is 19.9 Å². The lowest BCUT2D eigenvalue weighted by Crippen LogP contribution is -2.46. The van der Waals surface area contributed by atoms with Gasteiger partial charge in [-0.2, -0.15) is 0 Å². The van der Waals surface area contributed by atoms with Gasteiger partial charge >= 0.3 is 0 Å². The molecule has 2 aliphatic rings. The van der Waals surface area contributed by atoms with Gasteiger partial charge in [-0.15, -0.1) is 11.3 Å². The number of hydrogen-bond acceptors (Lipinski definition) is 6. The molecule has 138 valence electrons. The Labute approximate surface area is 156 Å². The molecular formula is C19H22N2O4S. The first-order valence-corrected chi connectivity index (χ1v) is 9.66. The van der Waals surface area contributed by atoms with Crippen molar-refractivity contribution in [3.05, 3.63) is 46.2 Å². The highest BCUT2D eigenvalue weighted by atomic mass is 32.1. The summed E-state index contributed by atoms with van der Waals surface area (Å²) in [6.07, 6.45) is 0.299. The molecule has 0 spiro atoms. The summed E-state index contributed by atoms with van der Waals surface area (Å²) in [5, 5.41) is 15.5. The molecule has 2 aromatic rings. The molecule has 4 rings (SSSR count). The number of benzene rings is 1. The van der Waals surface area contributed by atoms with E-state index in [4.69, 9.17) is 9.47 Å². The Balaban J connectivity index is 1.30. The number of carbonyl (C=O) groups is 1. The number of thiophene rings is 1. The first-order valence-electron chi connectivity index (χ1n) is 8.78. The minimum atomic E-state index is -0.505. The van der Waals surface area contributed by atoms with Crippen molar-refractivity contribution in [2.75, 3.05) is 26.4 Å². The summed E-state index contributed by atoms with van der Waals surface area (Å²) in [5.74, 6) is 1.54. The van der Waals surface area contributed by atoms with Crippen LogP contribution in [0.4, 0.5) is 0 Å². The Kier molecular flexibility index (Phi) is 5.10. The van der Waals surface area contributed by atoms with Crippen LogP contribution in [0.25, 0.3) is 0 Å². The molecule has 1 amide bonds. The van der Waals surface area contributed by atoms with Gasteiger partial charge in [0.1, 0.15) is 0 Å². The summed E-state index contributed by atoms with van der Waals surface area (Å²) >= 11 is 1.63. The molecule has 0 aliphatic carbocycles. The van der Waals surface area contributed by atoms with Crippen LogP contribution >= 0.6 is 11.3 Å². The van der Waals surface area contributed by atoms with Crippen molar-refractivity contribution in [2.45, 2.75) is 25.0 Å². The lowest BCUT2D eigenvalue weighted by Gasteiger charge is -2.35. The number of amides is 1. The number of hydrogen-bond donors (Lipinski definition) is 2. The van der Waals surface area contributed by atoms with Crippen LogP contribution in [0.1, 0.15) is 22.8 Å². The van der Waals surface area contributed by atoms with Gasteiger partial charge in [0.2, 0.25) is 12.7 Å². The van der Waals surface area contributed by atoms with E-state index in [-0.39, 0.29) is 18.6 Å². The second-order valence-corrected chi connectivity index (χ2v) is 7.70. The van der Waals surface area contributed by atoms with Gasteiger partial charge in [-0.25, -0.2) is 0 Å². The molecule has 2 atom stereocenters. The zero-order valence-electron chi connectivity index (χ0n) is 14.4. The van der Waals surface area contributed by atoms with E-state index in [0.717, 1.165) is 34.9 Å². The minimum Gasteiger partial charge on any atom is -0.454 e. The lowest BCUT2D eigenvalue weighted by atomic mass is 9.87. The molecule has 26 heavy (non-hydrogen) atoms. The van der Waals surface area contributed by atoms with Crippen molar-refractivity contribution in [1.29, 1.82) is 0 Å².